The summed E-state index contributed by atoms with van der Waals surface area (Å²) in [6, 6.07) is 21.5. The van der Waals surface area contributed by atoms with Crippen LogP contribution in [0.4, 0.5) is 5.69 Å². The Hall–Kier alpha value is -3.18. The summed E-state index contributed by atoms with van der Waals surface area (Å²) < 4.78 is 0. The predicted molar refractivity (Wildman–Crippen MR) is 112 cm³/mol. The second-order valence-corrected chi connectivity index (χ2v) is 7.09. The van der Waals surface area contributed by atoms with E-state index >= 15 is 0 Å². The molecule has 0 radical (unpaired) electrons. The van der Waals surface area contributed by atoms with Crippen LogP contribution in [-0.2, 0) is 10.5 Å². The lowest BCUT2D eigenvalue weighted by Crippen LogP contribution is -2.51. The molecule has 3 aromatic rings. The third kappa shape index (κ3) is 2.94. The lowest BCUT2D eigenvalue weighted by atomic mass is 9.97. The van der Waals surface area contributed by atoms with Crippen molar-refractivity contribution in [3.8, 4) is 0 Å². The van der Waals surface area contributed by atoms with E-state index in [4.69, 9.17) is 4.99 Å². The Balaban J connectivity index is 1.86. The zero-order chi connectivity index (χ0) is 19.7. The molecule has 1 heterocycles. The second-order valence-electron chi connectivity index (χ2n) is 7.09. The molecule has 0 saturated heterocycles. The van der Waals surface area contributed by atoms with Crippen molar-refractivity contribution in [3.63, 3.8) is 0 Å². The molecule has 0 spiro atoms. The number of para-hydroxylation sites is 1. The quantitative estimate of drug-likeness (QED) is 0.685. The average molecular weight is 373 g/mol. The molecule has 0 aliphatic carbocycles. The van der Waals surface area contributed by atoms with E-state index in [1.807, 2.05) is 78.7 Å². The Kier molecular flexibility index (Phi) is 4.61. The molecule has 1 aliphatic rings. The van der Waals surface area contributed by atoms with Crippen LogP contribution in [0.1, 0.15) is 30.9 Å². The number of hydrogen-bond acceptors (Lipinski definition) is 4. The number of amidine groups is 1. The van der Waals surface area contributed by atoms with Crippen LogP contribution in [-0.4, -0.2) is 16.9 Å². The molecule has 0 fully saturated rings. The summed E-state index contributed by atoms with van der Waals surface area (Å²) in [5, 5.41) is 14.1. The summed E-state index contributed by atoms with van der Waals surface area (Å²) in [7, 11) is 0. The van der Waals surface area contributed by atoms with E-state index in [1.165, 1.54) is 0 Å². The minimum Gasteiger partial charge on any atom is -0.478 e. The molecular formula is C23H23N3O2. The van der Waals surface area contributed by atoms with Gasteiger partial charge in [0.25, 0.3) is 5.66 Å². The molecule has 1 unspecified atom stereocenters. The van der Waals surface area contributed by atoms with E-state index < -0.39 is 11.6 Å². The van der Waals surface area contributed by atoms with Gasteiger partial charge in [0.2, 0.25) is 0 Å². The van der Waals surface area contributed by atoms with Gasteiger partial charge in [-0.05, 0) is 41.8 Å². The SMILES string of the molecule is CCCC1=NC(C(=O)O)(c2ccc3ccccc3c2)NN1c1ccccc1C. The largest absolute Gasteiger partial charge is 0.478 e. The number of anilines is 1. The molecule has 5 heteroatoms. The topological polar surface area (TPSA) is 64.9 Å². The maximum atomic E-state index is 12.5. The van der Waals surface area contributed by atoms with Crippen molar-refractivity contribution < 1.29 is 9.90 Å². The molecule has 4 rings (SSSR count). The number of aliphatic imine (C=N–C) groups is 1. The maximum absolute atomic E-state index is 12.5. The third-order valence-corrected chi connectivity index (χ3v) is 5.14. The fourth-order valence-corrected chi connectivity index (χ4v) is 3.66. The smallest absolute Gasteiger partial charge is 0.353 e. The predicted octanol–water partition coefficient (Wildman–Crippen LogP) is 4.61. The minimum atomic E-state index is -1.54. The number of aliphatic carboxylic acids is 1. The summed E-state index contributed by atoms with van der Waals surface area (Å²) in [5.41, 5.74) is 4.25. The van der Waals surface area contributed by atoms with Crippen LogP contribution in [0.15, 0.2) is 71.7 Å². The first kappa shape index (κ1) is 18.2. The van der Waals surface area contributed by atoms with Crippen molar-refractivity contribution in [3.05, 3.63) is 77.9 Å². The molecule has 5 nitrogen and oxygen atoms in total. The van der Waals surface area contributed by atoms with Crippen molar-refractivity contribution in [1.82, 2.24) is 5.43 Å². The Bertz CT molecular complexity index is 1080. The molecule has 0 aromatic heterocycles. The first-order valence-corrected chi connectivity index (χ1v) is 9.50. The van der Waals surface area contributed by atoms with Gasteiger partial charge >= 0.3 is 5.97 Å². The van der Waals surface area contributed by atoms with Crippen molar-refractivity contribution in [2.24, 2.45) is 4.99 Å². The zero-order valence-corrected chi connectivity index (χ0v) is 16.0. The van der Waals surface area contributed by atoms with Gasteiger partial charge in [-0.15, -0.1) is 0 Å². The van der Waals surface area contributed by atoms with Crippen LogP contribution in [0, 0.1) is 6.92 Å². The molecule has 1 atom stereocenters. The Morgan fingerprint density at radius 2 is 1.79 bits per heavy atom. The van der Waals surface area contributed by atoms with Gasteiger partial charge in [-0.1, -0.05) is 61.5 Å². The molecule has 2 N–H and O–H groups in total. The minimum absolute atomic E-state index is 0.614. The van der Waals surface area contributed by atoms with Crippen LogP contribution in [0.5, 0.6) is 0 Å². The third-order valence-electron chi connectivity index (χ3n) is 5.14. The van der Waals surface area contributed by atoms with Gasteiger partial charge in [0.05, 0.1) is 5.69 Å². The normalized spacial score (nSPS) is 19.1. The highest BCUT2D eigenvalue weighted by atomic mass is 16.4. The highest BCUT2D eigenvalue weighted by Gasteiger charge is 2.48. The van der Waals surface area contributed by atoms with Gasteiger partial charge in [-0.3, -0.25) is 5.01 Å². The number of rotatable bonds is 5. The lowest BCUT2D eigenvalue weighted by Gasteiger charge is -2.28. The summed E-state index contributed by atoms with van der Waals surface area (Å²) in [4.78, 5) is 17.2. The summed E-state index contributed by atoms with van der Waals surface area (Å²) in [6.07, 6.45) is 1.56. The fraction of sp³-hybridized carbons (Fsp3) is 0.217. The van der Waals surface area contributed by atoms with Gasteiger partial charge in [0.1, 0.15) is 5.84 Å². The van der Waals surface area contributed by atoms with E-state index in [-0.39, 0.29) is 0 Å². The average Bonchev–Trinajstić information content (AvgIpc) is 3.09. The van der Waals surface area contributed by atoms with Crippen LogP contribution < -0.4 is 10.4 Å². The molecule has 3 aromatic carbocycles. The van der Waals surface area contributed by atoms with Gasteiger partial charge in [-0.25, -0.2) is 9.79 Å². The highest BCUT2D eigenvalue weighted by Crippen LogP contribution is 2.34. The number of carboxylic acids is 1. The van der Waals surface area contributed by atoms with E-state index in [1.54, 1.807) is 0 Å². The first-order chi connectivity index (χ1) is 13.5. The Morgan fingerprint density at radius 1 is 1.07 bits per heavy atom. The standard InChI is InChI=1S/C23H23N3O2/c1-3-8-21-24-23(22(27)28,25-26(21)20-12-7-4-9-16(20)2)19-14-13-17-10-5-6-11-18(17)15-19/h4-7,9-15,25H,3,8H2,1-2H3,(H,27,28). The molecular weight excluding hydrogens is 350 g/mol. The van der Waals surface area contributed by atoms with Crippen molar-refractivity contribution in [2.45, 2.75) is 32.4 Å². The van der Waals surface area contributed by atoms with Gasteiger partial charge < -0.3 is 5.11 Å². The molecule has 0 saturated carbocycles. The van der Waals surface area contributed by atoms with Gasteiger partial charge in [-0.2, -0.15) is 5.43 Å². The zero-order valence-electron chi connectivity index (χ0n) is 16.0. The summed E-state index contributed by atoms with van der Waals surface area (Å²) in [6.45, 7) is 4.08. The fourth-order valence-electron chi connectivity index (χ4n) is 3.66. The number of nitrogens with one attached hydrogen (secondary N) is 1. The summed E-state index contributed by atoms with van der Waals surface area (Å²) >= 11 is 0. The van der Waals surface area contributed by atoms with Crippen molar-refractivity contribution in [2.75, 3.05) is 5.01 Å². The first-order valence-electron chi connectivity index (χ1n) is 9.50. The van der Waals surface area contributed by atoms with E-state index in [0.29, 0.717) is 12.0 Å². The highest BCUT2D eigenvalue weighted by molar-refractivity contribution is 6.03. The number of benzene rings is 3. The number of carboxylic acid groups (broad SMARTS) is 1. The second kappa shape index (κ2) is 7.09. The molecule has 142 valence electrons. The van der Waals surface area contributed by atoms with Crippen LogP contribution in [0.2, 0.25) is 0 Å². The number of hydrazine groups is 1. The van der Waals surface area contributed by atoms with Crippen LogP contribution in [0.25, 0.3) is 10.8 Å². The van der Waals surface area contributed by atoms with E-state index in [9.17, 15) is 9.90 Å². The Morgan fingerprint density at radius 3 is 2.50 bits per heavy atom. The van der Waals surface area contributed by atoms with Crippen molar-refractivity contribution in [1.29, 1.82) is 0 Å². The summed E-state index contributed by atoms with van der Waals surface area (Å²) in [5.74, 6) is -0.292. The lowest BCUT2D eigenvalue weighted by molar-refractivity contribution is -0.144. The van der Waals surface area contributed by atoms with Gasteiger partial charge in [0.15, 0.2) is 0 Å². The van der Waals surface area contributed by atoms with E-state index in [0.717, 1.165) is 34.3 Å². The van der Waals surface area contributed by atoms with Crippen LogP contribution in [0.3, 0.4) is 0 Å². The molecule has 1 aliphatic heterocycles. The number of carbonyl (C=O) groups is 1. The Labute approximate surface area is 164 Å². The van der Waals surface area contributed by atoms with Gasteiger partial charge in [0, 0.05) is 12.0 Å². The number of aryl methyl sites for hydroxylation is 1. The molecule has 0 amide bonds. The van der Waals surface area contributed by atoms with Crippen LogP contribution >= 0.6 is 0 Å². The number of nitrogens with zero attached hydrogens (tertiary/aromatic N) is 2. The number of hydrogen-bond donors (Lipinski definition) is 2. The maximum Gasteiger partial charge on any atom is 0.353 e. The number of fused-ring (bicyclic) bond motifs is 1. The monoisotopic (exact) mass is 373 g/mol. The van der Waals surface area contributed by atoms with Crippen molar-refractivity contribution >= 4 is 28.3 Å². The molecule has 0 bridgehead atoms. The van der Waals surface area contributed by atoms with E-state index in [2.05, 4.69) is 12.3 Å². The molecule has 28 heavy (non-hydrogen) atoms.